The molecule has 0 saturated carbocycles. The van der Waals surface area contributed by atoms with E-state index in [1.54, 1.807) is 0 Å². The predicted molar refractivity (Wildman–Crippen MR) is 174 cm³/mol. The Morgan fingerprint density at radius 2 is 1.88 bits per heavy atom. The average molecular weight is 608 g/mol. The minimum Gasteiger partial charge on any atom is -0.473 e. The van der Waals surface area contributed by atoms with Crippen molar-refractivity contribution in [1.82, 2.24) is 14.8 Å². The highest BCUT2D eigenvalue weighted by Gasteiger charge is 2.32. The first-order valence-corrected chi connectivity index (χ1v) is 16.5. The zero-order chi connectivity index (χ0) is 31.3. The molecule has 7 nitrogen and oxygen atoms in total. The van der Waals surface area contributed by atoms with Crippen LogP contribution in [0.15, 0.2) is 29.9 Å². The van der Waals surface area contributed by atoms with Gasteiger partial charge in [0, 0.05) is 47.1 Å². The number of likely N-dealkylation sites (tertiary alicyclic amines) is 1. The van der Waals surface area contributed by atoms with Gasteiger partial charge in [0.1, 0.15) is 12.2 Å². The van der Waals surface area contributed by atoms with Gasteiger partial charge in [0.25, 0.3) is 5.91 Å². The number of hydrogen-bond acceptors (Lipinski definition) is 6. The van der Waals surface area contributed by atoms with Crippen molar-refractivity contribution in [1.29, 1.82) is 0 Å². The summed E-state index contributed by atoms with van der Waals surface area (Å²) in [5.41, 5.74) is 5.63. The summed E-state index contributed by atoms with van der Waals surface area (Å²) in [5.74, 6) is 1.22. The highest BCUT2D eigenvalue weighted by atomic mass is 32.1. The lowest BCUT2D eigenvalue weighted by molar-refractivity contribution is 0.0184. The molecule has 234 valence electrons. The molecule has 0 unspecified atom stereocenters. The fraction of sp³-hybridized carbons (Fsp3) is 0.571. The number of aryl methyl sites for hydroxylation is 2. The minimum absolute atomic E-state index is 0.104. The molecule has 43 heavy (non-hydrogen) atoms. The van der Waals surface area contributed by atoms with Crippen LogP contribution in [0.3, 0.4) is 0 Å². The molecule has 0 aromatic carbocycles. The summed E-state index contributed by atoms with van der Waals surface area (Å²) in [6.45, 7) is 19.1. The molecule has 2 aliphatic rings. The van der Waals surface area contributed by atoms with Crippen LogP contribution in [0.25, 0.3) is 0 Å². The molecule has 1 fully saturated rings. The van der Waals surface area contributed by atoms with Crippen LogP contribution in [-0.2, 0) is 24.1 Å². The largest absolute Gasteiger partial charge is 0.473 e. The second kappa shape index (κ2) is 14.1. The molecular formula is C35H49N3O4S. The third-order valence-electron chi connectivity index (χ3n) is 8.18. The van der Waals surface area contributed by atoms with Crippen molar-refractivity contribution in [2.75, 3.05) is 26.2 Å². The van der Waals surface area contributed by atoms with Crippen LogP contribution in [0.5, 0.6) is 5.88 Å². The van der Waals surface area contributed by atoms with Crippen LogP contribution in [-0.4, -0.2) is 58.6 Å². The molecule has 2 aromatic rings. The van der Waals surface area contributed by atoms with E-state index in [9.17, 15) is 9.59 Å². The predicted octanol–water partition coefficient (Wildman–Crippen LogP) is 7.75. The fourth-order valence-corrected chi connectivity index (χ4v) is 7.37. The molecule has 0 aliphatic carbocycles. The lowest BCUT2D eigenvalue weighted by Crippen LogP contribution is -2.42. The van der Waals surface area contributed by atoms with Crippen LogP contribution in [0, 0.1) is 26.7 Å². The summed E-state index contributed by atoms with van der Waals surface area (Å²) in [5, 5.41) is 0. The molecule has 4 heterocycles. The van der Waals surface area contributed by atoms with Gasteiger partial charge in [0.15, 0.2) is 0 Å². The van der Waals surface area contributed by atoms with E-state index in [1.165, 1.54) is 9.75 Å². The Labute approximate surface area is 262 Å². The molecule has 1 saturated heterocycles. The quantitative estimate of drug-likeness (QED) is 0.273. The number of carbonyl (C=O) groups excluding carboxylic acids is 2. The van der Waals surface area contributed by atoms with Crippen molar-refractivity contribution >= 4 is 23.3 Å². The van der Waals surface area contributed by atoms with Gasteiger partial charge < -0.3 is 19.3 Å². The highest BCUT2D eigenvalue weighted by molar-refractivity contribution is 7.12. The summed E-state index contributed by atoms with van der Waals surface area (Å²) >= 11 is 1.81. The Hall–Kier alpha value is -3.13. The number of ether oxygens (including phenoxy) is 2. The third-order valence-corrected chi connectivity index (χ3v) is 9.55. The normalized spacial score (nSPS) is 16.7. The van der Waals surface area contributed by atoms with Crippen molar-refractivity contribution in [2.45, 2.75) is 99.6 Å². The number of fused-ring (bicyclic) bond motifs is 1. The second-order valence-corrected chi connectivity index (χ2v) is 14.1. The molecule has 2 aromatic heterocycles. The van der Waals surface area contributed by atoms with E-state index in [1.807, 2.05) is 61.8 Å². The van der Waals surface area contributed by atoms with Crippen molar-refractivity contribution in [3.8, 4) is 5.88 Å². The first-order chi connectivity index (χ1) is 20.4. The Balaban J connectivity index is 1.44. The van der Waals surface area contributed by atoms with Gasteiger partial charge in [-0.05, 0) is 103 Å². The zero-order valence-electron chi connectivity index (χ0n) is 27.3. The van der Waals surface area contributed by atoms with Gasteiger partial charge in [-0.25, -0.2) is 9.78 Å². The Bertz CT molecular complexity index is 1380. The van der Waals surface area contributed by atoms with Gasteiger partial charge in [-0.15, -0.1) is 11.3 Å². The van der Waals surface area contributed by atoms with Crippen LogP contribution in [0.1, 0.15) is 96.4 Å². The smallest absolute Gasteiger partial charge is 0.410 e. The summed E-state index contributed by atoms with van der Waals surface area (Å²) in [4.78, 5) is 37.4. The average Bonchev–Trinajstić information content (AvgIpc) is 3.25. The number of rotatable bonds is 9. The van der Waals surface area contributed by atoms with Gasteiger partial charge in [0.2, 0.25) is 5.88 Å². The number of pyridine rings is 1. The molecule has 0 spiro atoms. The first-order valence-electron chi connectivity index (χ1n) is 15.7. The van der Waals surface area contributed by atoms with Crippen molar-refractivity contribution in [3.63, 3.8) is 0 Å². The molecule has 0 bridgehead atoms. The number of carbonyl (C=O) groups is 2. The van der Waals surface area contributed by atoms with Gasteiger partial charge in [0.05, 0.1) is 12.1 Å². The standard InChI is InChI=1S/C35H49N3O4S/c1-9-11-27(12-10-2)22-41-32-28(23(3)19-24(4)36-32)21-38-18-15-29-31(33(38)39)25(5)30(43-29)20-26-13-16-37(17-14-26)34(40)42-35(6,7)8/h9,11-12,19,26H,10,13-18,20-22H2,1-8H3/b11-9-,27-12+. The number of piperidine rings is 1. The molecule has 0 atom stereocenters. The topological polar surface area (TPSA) is 72.0 Å². The number of aromatic nitrogens is 1. The molecule has 2 aliphatic heterocycles. The number of thiophene rings is 1. The van der Waals surface area contributed by atoms with E-state index in [0.29, 0.717) is 31.5 Å². The maximum Gasteiger partial charge on any atom is 0.410 e. The number of nitrogens with zero attached hydrogens (tertiary/aromatic N) is 3. The number of hydrogen-bond donors (Lipinski definition) is 0. The first kappa shape index (κ1) is 32.8. The summed E-state index contributed by atoms with van der Waals surface area (Å²) in [7, 11) is 0. The maximum absolute atomic E-state index is 13.9. The van der Waals surface area contributed by atoms with Gasteiger partial charge in [-0.1, -0.05) is 25.2 Å². The van der Waals surface area contributed by atoms with Crippen molar-refractivity contribution in [3.05, 3.63) is 67.6 Å². The molecule has 4 rings (SSSR count). The zero-order valence-corrected chi connectivity index (χ0v) is 28.2. The van der Waals surface area contributed by atoms with Crippen molar-refractivity contribution < 1.29 is 19.1 Å². The van der Waals surface area contributed by atoms with Crippen molar-refractivity contribution in [2.24, 2.45) is 5.92 Å². The van der Waals surface area contributed by atoms with E-state index in [0.717, 1.165) is 78.7 Å². The Morgan fingerprint density at radius 3 is 2.53 bits per heavy atom. The molecule has 2 amide bonds. The summed E-state index contributed by atoms with van der Waals surface area (Å²) in [6.07, 6.45) is 10.7. The van der Waals surface area contributed by atoms with Crippen LogP contribution in [0.4, 0.5) is 4.79 Å². The summed E-state index contributed by atoms with van der Waals surface area (Å²) < 4.78 is 11.8. The molecule has 0 N–H and O–H groups in total. The van der Waals surface area contributed by atoms with E-state index in [-0.39, 0.29) is 12.0 Å². The fourth-order valence-electron chi connectivity index (χ4n) is 5.97. The van der Waals surface area contributed by atoms with Crippen LogP contribution in [0.2, 0.25) is 0 Å². The van der Waals surface area contributed by atoms with E-state index in [4.69, 9.17) is 14.5 Å². The minimum atomic E-state index is -0.480. The van der Waals surface area contributed by atoms with Gasteiger partial charge in [-0.2, -0.15) is 0 Å². The SMILES string of the molecule is C/C=C\C(=C/CC)COc1nc(C)cc(C)c1CN1CCc2sc(CC3CCN(C(=O)OC(C)(C)C)CC3)c(C)c2C1=O. The highest BCUT2D eigenvalue weighted by Crippen LogP contribution is 2.37. The lowest BCUT2D eigenvalue weighted by Gasteiger charge is -2.33. The van der Waals surface area contributed by atoms with Crippen LogP contribution >= 0.6 is 11.3 Å². The van der Waals surface area contributed by atoms with E-state index >= 15 is 0 Å². The maximum atomic E-state index is 13.9. The van der Waals surface area contributed by atoms with E-state index in [2.05, 4.69) is 39.0 Å². The summed E-state index contributed by atoms with van der Waals surface area (Å²) in [6, 6.07) is 2.07. The molecule has 0 radical (unpaired) electrons. The Morgan fingerprint density at radius 1 is 1.16 bits per heavy atom. The van der Waals surface area contributed by atoms with Gasteiger partial charge in [-0.3, -0.25) is 4.79 Å². The lowest BCUT2D eigenvalue weighted by atomic mass is 9.91. The third kappa shape index (κ3) is 8.28. The molecule has 8 heteroatoms. The number of amides is 2. The van der Waals surface area contributed by atoms with Gasteiger partial charge >= 0.3 is 6.09 Å². The van der Waals surface area contributed by atoms with Crippen LogP contribution < -0.4 is 4.74 Å². The monoisotopic (exact) mass is 607 g/mol. The Kier molecular flexibility index (Phi) is 10.8. The number of allylic oxidation sites excluding steroid dienone is 2. The molecular weight excluding hydrogens is 558 g/mol. The second-order valence-electron chi connectivity index (χ2n) is 12.9. The van der Waals surface area contributed by atoms with E-state index < -0.39 is 5.60 Å².